The second-order valence-electron chi connectivity index (χ2n) is 4.21. The third-order valence-electron chi connectivity index (χ3n) is 2.87. The van der Waals surface area contributed by atoms with Crippen molar-refractivity contribution in [2.75, 3.05) is 6.54 Å². The van der Waals surface area contributed by atoms with E-state index in [0.717, 1.165) is 5.56 Å². The summed E-state index contributed by atoms with van der Waals surface area (Å²) < 4.78 is 64.3. The Labute approximate surface area is 108 Å². The summed E-state index contributed by atoms with van der Waals surface area (Å²) in [5, 5.41) is 2.21. The Morgan fingerprint density at radius 3 is 1.89 bits per heavy atom. The highest BCUT2D eigenvalue weighted by Gasteiger charge is 2.62. The van der Waals surface area contributed by atoms with E-state index in [1.54, 1.807) is 12.1 Å². The molecule has 0 heterocycles. The highest BCUT2D eigenvalue weighted by molar-refractivity contribution is 5.27. The van der Waals surface area contributed by atoms with Crippen molar-refractivity contribution in [1.82, 2.24) is 5.32 Å². The Balaban J connectivity index is 3.12. The number of benzene rings is 1. The molecule has 0 aromatic heterocycles. The first-order valence-corrected chi connectivity index (χ1v) is 6.00. The number of hydrogen-bond donors (Lipinski definition) is 1. The van der Waals surface area contributed by atoms with Crippen molar-refractivity contribution in [1.29, 1.82) is 0 Å². The lowest BCUT2D eigenvalue weighted by Crippen LogP contribution is -2.47. The number of nitrogens with one attached hydrogen (secondary N) is 1. The van der Waals surface area contributed by atoms with Gasteiger partial charge in [-0.15, -0.1) is 0 Å². The molecule has 0 radical (unpaired) electrons. The molecule has 108 valence electrons. The maximum atomic E-state index is 13.5. The molecule has 1 unspecified atom stereocenters. The summed E-state index contributed by atoms with van der Waals surface area (Å²) in [5.41, 5.74) is 0.815. The van der Waals surface area contributed by atoms with Crippen molar-refractivity contribution < 1.29 is 22.0 Å². The van der Waals surface area contributed by atoms with E-state index >= 15 is 0 Å². The van der Waals surface area contributed by atoms with Gasteiger partial charge in [-0.25, -0.2) is 0 Å². The van der Waals surface area contributed by atoms with Gasteiger partial charge in [0.25, 0.3) is 0 Å². The molecule has 19 heavy (non-hydrogen) atoms. The molecular weight excluding hydrogens is 265 g/mol. The van der Waals surface area contributed by atoms with Crippen LogP contribution in [-0.2, 0) is 6.42 Å². The van der Waals surface area contributed by atoms with Gasteiger partial charge >= 0.3 is 12.1 Å². The molecule has 0 spiro atoms. The lowest BCUT2D eigenvalue weighted by Gasteiger charge is -2.29. The van der Waals surface area contributed by atoms with Gasteiger partial charge in [-0.2, -0.15) is 22.0 Å². The van der Waals surface area contributed by atoms with Crippen molar-refractivity contribution in [2.24, 2.45) is 0 Å². The molecule has 1 rings (SSSR count). The third-order valence-corrected chi connectivity index (χ3v) is 2.87. The standard InChI is InChI=1S/C13H16F5N/c1-3-9-5-7-10(8-6-9)11(19-4-2)12(14,15)13(16,17)18/h5-8,11,19H,3-4H2,1-2H3. The van der Waals surface area contributed by atoms with Crippen LogP contribution in [0.25, 0.3) is 0 Å². The first-order valence-electron chi connectivity index (χ1n) is 6.00. The summed E-state index contributed by atoms with van der Waals surface area (Å²) in [7, 11) is 0. The van der Waals surface area contributed by atoms with Gasteiger partial charge in [0.15, 0.2) is 0 Å². The largest absolute Gasteiger partial charge is 0.455 e. The van der Waals surface area contributed by atoms with E-state index in [-0.39, 0.29) is 12.1 Å². The van der Waals surface area contributed by atoms with Gasteiger partial charge in [-0.1, -0.05) is 38.1 Å². The average Bonchev–Trinajstić information content (AvgIpc) is 2.34. The minimum Gasteiger partial charge on any atom is -0.305 e. The normalized spacial score (nSPS) is 14.5. The van der Waals surface area contributed by atoms with E-state index < -0.39 is 18.1 Å². The minimum atomic E-state index is -5.58. The van der Waals surface area contributed by atoms with Gasteiger partial charge < -0.3 is 5.32 Å². The van der Waals surface area contributed by atoms with Crippen LogP contribution in [0.4, 0.5) is 22.0 Å². The van der Waals surface area contributed by atoms with Gasteiger partial charge in [-0.3, -0.25) is 0 Å². The first kappa shape index (κ1) is 15.9. The molecular formula is C13H16F5N. The van der Waals surface area contributed by atoms with Crippen LogP contribution in [0.3, 0.4) is 0 Å². The summed E-state index contributed by atoms with van der Waals surface area (Å²) >= 11 is 0. The molecule has 0 bridgehead atoms. The highest BCUT2D eigenvalue weighted by Crippen LogP contribution is 2.44. The van der Waals surface area contributed by atoms with Crippen LogP contribution in [0, 0.1) is 0 Å². The van der Waals surface area contributed by atoms with Crippen molar-refractivity contribution in [3.8, 4) is 0 Å². The zero-order valence-electron chi connectivity index (χ0n) is 10.7. The molecule has 0 aliphatic heterocycles. The first-order chi connectivity index (χ1) is 8.74. The van der Waals surface area contributed by atoms with Gasteiger partial charge in [0.2, 0.25) is 0 Å². The Morgan fingerprint density at radius 2 is 1.53 bits per heavy atom. The minimum absolute atomic E-state index is 0.0197. The fraction of sp³-hybridized carbons (Fsp3) is 0.538. The van der Waals surface area contributed by atoms with E-state index in [9.17, 15) is 22.0 Å². The summed E-state index contributed by atoms with van der Waals surface area (Å²) in [5.74, 6) is -4.81. The quantitative estimate of drug-likeness (QED) is 0.801. The van der Waals surface area contributed by atoms with Crippen molar-refractivity contribution in [3.63, 3.8) is 0 Å². The van der Waals surface area contributed by atoms with Gasteiger partial charge in [0, 0.05) is 0 Å². The van der Waals surface area contributed by atoms with E-state index in [4.69, 9.17) is 0 Å². The zero-order chi connectivity index (χ0) is 14.7. The Bertz CT molecular complexity index is 396. The molecule has 6 heteroatoms. The molecule has 0 saturated heterocycles. The molecule has 0 aliphatic rings. The summed E-state index contributed by atoms with van der Waals surface area (Å²) in [6.07, 6.45) is -4.88. The zero-order valence-corrected chi connectivity index (χ0v) is 10.7. The topological polar surface area (TPSA) is 12.0 Å². The fourth-order valence-corrected chi connectivity index (χ4v) is 1.77. The maximum Gasteiger partial charge on any atom is 0.455 e. The molecule has 0 aliphatic carbocycles. The number of hydrogen-bond acceptors (Lipinski definition) is 1. The Kier molecular flexibility index (Phi) is 4.90. The molecule has 1 aromatic carbocycles. The van der Waals surface area contributed by atoms with Crippen LogP contribution in [0.1, 0.15) is 31.0 Å². The SMILES string of the molecule is CCNC(c1ccc(CC)cc1)C(F)(F)C(F)(F)F. The van der Waals surface area contributed by atoms with Crippen LogP contribution < -0.4 is 5.32 Å². The molecule has 0 saturated carbocycles. The molecule has 1 N–H and O–H groups in total. The van der Waals surface area contributed by atoms with Crippen molar-refractivity contribution >= 4 is 0 Å². The lowest BCUT2D eigenvalue weighted by atomic mass is 9.98. The number of alkyl halides is 5. The van der Waals surface area contributed by atoms with Gasteiger partial charge in [-0.05, 0) is 24.1 Å². The van der Waals surface area contributed by atoms with E-state index in [1.807, 2.05) is 6.92 Å². The summed E-state index contributed by atoms with van der Waals surface area (Å²) in [6.45, 7) is 3.38. The second kappa shape index (κ2) is 5.86. The lowest BCUT2D eigenvalue weighted by molar-refractivity contribution is -0.294. The number of aryl methyl sites for hydroxylation is 1. The second-order valence-corrected chi connectivity index (χ2v) is 4.21. The number of halogens is 5. The molecule has 1 nitrogen and oxygen atoms in total. The van der Waals surface area contributed by atoms with Crippen molar-refractivity contribution in [3.05, 3.63) is 35.4 Å². The molecule has 1 aromatic rings. The molecule has 1 atom stereocenters. The Morgan fingerprint density at radius 1 is 1.00 bits per heavy atom. The van der Waals surface area contributed by atoms with Gasteiger partial charge in [0.05, 0.1) is 0 Å². The Hall–Kier alpha value is -1.17. The van der Waals surface area contributed by atoms with Gasteiger partial charge in [0.1, 0.15) is 6.04 Å². The average molecular weight is 281 g/mol. The van der Waals surface area contributed by atoms with Crippen LogP contribution in [0.15, 0.2) is 24.3 Å². The summed E-state index contributed by atoms with van der Waals surface area (Å²) in [4.78, 5) is 0. The smallest absolute Gasteiger partial charge is 0.305 e. The van der Waals surface area contributed by atoms with E-state index in [1.165, 1.54) is 19.1 Å². The van der Waals surface area contributed by atoms with E-state index in [2.05, 4.69) is 5.32 Å². The summed E-state index contributed by atoms with van der Waals surface area (Å²) in [6, 6.07) is 3.68. The van der Waals surface area contributed by atoms with Crippen LogP contribution in [0.2, 0.25) is 0 Å². The van der Waals surface area contributed by atoms with Crippen molar-refractivity contribution in [2.45, 2.75) is 38.4 Å². The maximum absolute atomic E-state index is 13.5. The molecule has 0 amide bonds. The fourth-order valence-electron chi connectivity index (χ4n) is 1.77. The highest BCUT2D eigenvalue weighted by atomic mass is 19.4. The van der Waals surface area contributed by atoms with Crippen LogP contribution in [-0.4, -0.2) is 18.6 Å². The monoisotopic (exact) mass is 281 g/mol. The van der Waals surface area contributed by atoms with Crippen LogP contribution in [0.5, 0.6) is 0 Å². The number of rotatable bonds is 5. The third kappa shape index (κ3) is 3.43. The predicted molar refractivity (Wildman–Crippen MR) is 63.2 cm³/mol. The van der Waals surface area contributed by atoms with E-state index in [0.29, 0.717) is 6.42 Å². The van der Waals surface area contributed by atoms with Crippen LogP contribution >= 0.6 is 0 Å². The predicted octanol–water partition coefficient (Wildman–Crippen LogP) is 4.10. The molecule has 0 fully saturated rings.